The number of benzene rings is 2. The highest BCUT2D eigenvalue weighted by Gasteiger charge is 2.32. The van der Waals surface area contributed by atoms with Crippen molar-refractivity contribution in [1.29, 1.82) is 0 Å². The Morgan fingerprint density at radius 1 is 0.950 bits per heavy atom. The van der Waals surface area contributed by atoms with E-state index >= 15 is 0 Å². The zero-order chi connectivity index (χ0) is 29.1. The maximum absolute atomic E-state index is 13.4. The smallest absolute Gasteiger partial charge is 0.344 e. The van der Waals surface area contributed by atoms with E-state index in [1.165, 1.54) is 28.0 Å². The van der Waals surface area contributed by atoms with Crippen LogP contribution in [0, 0.1) is 0 Å². The molecule has 0 aliphatic carbocycles. The van der Waals surface area contributed by atoms with Gasteiger partial charge in [0.1, 0.15) is 0 Å². The molecule has 0 bridgehead atoms. The molecule has 2 N–H and O–H groups in total. The Balaban J connectivity index is 1.57. The van der Waals surface area contributed by atoms with Crippen LogP contribution in [0.25, 0.3) is 5.69 Å². The second-order valence-corrected chi connectivity index (χ2v) is 10.3. The Kier molecular flexibility index (Phi) is 8.75. The molecular formula is C24H16ClF6N5O2S2. The number of nitrogens with one attached hydrogen (secondary N) is 2. The summed E-state index contributed by atoms with van der Waals surface area (Å²) in [7, 11) is 0. The summed E-state index contributed by atoms with van der Waals surface area (Å²) in [6, 6.07) is 10.0. The standard InChI is InChI=1S/C24H16ClF6N5O2S2/c25-16-7-6-14(24(29,30)31)10-17(16)33-20(37)12-40-22-35-34-19(11-32-21(38)18-5-2-8-39-18)36(22)15-4-1-3-13(9-15)23(26,27)28/h1-10H,11-12H2,(H,32,38)(H,33,37). The van der Waals surface area contributed by atoms with Crippen LogP contribution in [0.1, 0.15) is 26.6 Å². The van der Waals surface area contributed by atoms with Gasteiger partial charge in [-0.15, -0.1) is 21.5 Å². The number of hydrogen-bond donors (Lipinski definition) is 2. The van der Waals surface area contributed by atoms with Crippen LogP contribution >= 0.6 is 34.7 Å². The maximum atomic E-state index is 13.4. The number of carbonyl (C=O) groups excluding carboxylic acids is 2. The van der Waals surface area contributed by atoms with Crippen LogP contribution in [0.3, 0.4) is 0 Å². The van der Waals surface area contributed by atoms with Crippen LogP contribution in [-0.2, 0) is 23.7 Å². The second-order valence-electron chi connectivity index (χ2n) is 7.97. The van der Waals surface area contributed by atoms with Gasteiger partial charge in [-0.2, -0.15) is 26.3 Å². The van der Waals surface area contributed by atoms with E-state index in [1.807, 2.05) is 0 Å². The predicted octanol–water partition coefficient (Wildman–Crippen LogP) is 6.68. The normalized spacial score (nSPS) is 11.9. The fourth-order valence-corrected chi connectivity index (χ4v) is 4.93. The van der Waals surface area contributed by atoms with Gasteiger partial charge in [-0.3, -0.25) is 14.2 Å². The molecule has 0 saturated carbocycles. The van der Waals surface area contributed by atoms with Gasteiger partial charge in [-0.1, -0.05) is 35.5 Å². The van der Waals surface area contributed by atoms with Gasteiger partial charge < -0.3 is 10.6 Å². The van der Waals surface area contributed by atoms with Gasteiger partial charge in [0.2, 0.25) is 5.91 Å². The molecule has 210 valence electrons. The predicted molar refractivity (Wildman–Crippen MR) is 138 cm³/mol. The molecule has 0 radical (unpaired) electrons. The number of amides is 2. The van der Waals surface area contributed by atoms with Crippen molar-refractivity contribution in [2.24, 2.45) is 0 Å². The second kappa shape index (κ2) is 11.9. The lowest BCUT2D eigenvalue weighted by Crippen LogP contribution is -2.24. The number of nitrogens with zero attached hydrogens (tertiary/aromatic N) is 3. The van der Waals surface area contributed by atoms with Gasteiger partial charge in [-0.25, -0.2) is 0 Å². The SMILES string of the molecule is O=C(CSc1nnc(CNC(=O)c2cccs2)n1-c1cccc(C(F)(F)F)c1)Nc1cc(C(F)(F)F)ccc1Cl. The first-order valence-electron chi connectivity index (χ1n) is 11.1. The molecule has 0 saturated heterocycles. The van der Waals surface area contributed by atoms with Gasteiger partial charge in [0.15, 0.2) is 11.0 Å². The molecule has 0 atom stereocenters. The maximum Gasteiger partial charge on any atom is 0.416 e. The molecule has 2 aromatic carbocycles. The van der Waals surface area contributed by atoms with Crippen molar-refractivity contribution in [2.75, 3.05) is 11.1 Å². The summed E-state index contributed by atoms with van der Waals surface area (Å²) in [4.78, 5) is 25.3. The van der Waals surface area contributed by atoms with Crippen molar-refractivity contribution in [3.05, 3.63) is 86.8 Å². The molecule has 2 aromatic heterocycles. The molecule has 2 amide bonds. The van der Waals surface area contributed by atoms with Crippen molar-refractivity contribution in [3.8, 4) is 5.69 Å². The number of anilines is 1. The highest BCUT2D eigenvalue weighted by molar-refractivity contribution is 7.99. The van der Waals surface area contributed by atoms with Gasteiger partial charge in [-0.05, 0) is 47.8 Å². The van der Waals surface area contributed by atoms with Gasteiger partial charge >= 0.3 is 12.4 Å². The highest BCUT2D eigenvalue weighted by Crippen LogP contribution is 2.34. The summed E-state index contributed by atoms with van der Waals surface area (Å²) in [6.45, 7) is -0.202. The lowest BCUT2D eigenvalue weighted by molar-refractivity contribution is -0.138. The molecule has 0 unspecified atom stereocenters. The Hall–Kier alpha value is -3.56. The first kappa shape index (κ1) is 29.4. The number of thiophene rings is 1. The van der Waals surface area contributed by atoms with Crippen molar-refractivity contribution in [1.82, 2.24) is 20.1 Å². The third-order valence-electron chi connectivity index (χ3n) is 5.18. The average Bonchev–Trinajstić information content (AvgIpc) is 3.57. The number of carbonyl (C=O) groups is 2. The minimum absolute atomic E-state index is 0.00462. The molecule has 0 fully saturated rings. The monoisotopic (exact) mass is 619 g/mol. The van der Waals surface area contributed by atoms with E-state index in [4.69, 9.17) is 11.6 Å². The summed E-state index contributed by atoms with van der Waals surface area (Å²) in [5, 5.41) is 14.4. The van der Waals surface area contributed by atoms with E-state index in [-0.39, 0.29) is 33.9 Å². The number of alkyl halides is 6. The zero-order valence-electron chi connectivity index (χ0n) is 19.8. The van der Waals surface area contributed by atoms with E-state index in [1.54, 1.807) is 17.5 Å². The van der Waals surface area contributed by atoms with Crippen LogP contribution in [0.2, 0.25) is 5.02 Å². The Morgan fingerprint density at radius 3 is 2.35 bits per heavy atom. The van der Waals surface area contributed by atoms with Crippen molar-refractivity contribution in [3.63, 3.8) is 0 Å². The summed E-state index contributed by atoms with van der Waals surface area (Å²) >= 11 is 7.89. The topological polar surface area (TPSA) is 88.9 Å². The Morgan fingerprint density at radius 2 is 1.68 bits per heavy atom. The molecular weight excluding hydrogens is 604 g/mol. The number of aromatic nitrogens is 3. The summed E-state index contributed by atoms with van der Waals surface area (Å²) in [6.07, 6.45) is -9.30. The molecule has 4 rings (SSSR count). The van der Waals surface area contributed by atoms with E-state index in [9.17, 15) is 35.9 Å². The summed E-state index contributed by atoms with van der Waals surface area (Å²) in [5.41, 5.74) is -2.21. The lowest BCUT2D eigenvalue weighted by atomic mass is 10.2. The first-order valence-corrected chi connectivity index (χ1v) is 13.3. The molecule has 2 heterocycles. The van der Waals surface area contributed by atoms with Gasteiger partial charge in [0, 0.05) is 0 Å². The number of rotatable bonds is 8. The van der Waals surface area contributed by atoms with Crippen LogP contribution in [0.4, 0.5) is 32.0 Å². The fraction of sp³-hybridized carbons (Fsp3) is 0.167. The van der Waals surface area contributed by atoms with Crippen LogP contribution in [0.5, 0.6) is 0 Å². The first-order chi connectivity index (χ1) is 18.8. The molecule has 4 aromatic rings. The highest BCUT2D eigenvalue weighted by atomic mass is 35.5. The number of hydrogen-bond acceptors (Lipinski definition) is 6. The van der Waals surface area contributed by atoms with E-state index in [0.29, 0.717) is 10.9 Å². The minimum Gasteiger partial charge on any atom is -0.344 e. The average molecular weight is 620 g/mol. The molecule has 0 aliphatic rings. The quantitative estimate of drug-likeness (QED) is 0.170. The Labute approximate surface area is 235 Å². The Bertz CT molecular complexity index is 1520. The molecule has 16 heteroatoms. The van der Waals surface area contributed by atoms with Crippen LogP contribution < -0.4 is 10.6 Å². The molecule has 0 aliphatic heterocycles. The van der Waals surface area contributed by atoms with Gasteiger partial charge in [0.05, 0.1) is 44.7 Å². The third kappa shape index (κ3) is 7.14. The van der Waals surface area contributed by atoms with E-state index < -0.39 is 41.0 Å². The molecule has 40 heavy (non-hydrogen) atoms. The van der Waals surface area contributed by atoms with E-state index in [2.05, 4.69) is 20.8 Å². The zero-order valence-corrected chi connectivity index (χ0v) is 22.2. The van der Waals surface area contributed by atoms with Crippen LogP contribution in [-0.4, -0.2) is 32.3 Å². The summed E-state index contributed by atoms with van der Waals surface area (Å²) in [5.74, 6) is -1.50. The number of thioether (sulfide) groups is 1. The lowest BCUT2D eigenvalue weighted by Gasteiger charge is -2.14. The summed E-state index contributed by atoms with van der Waals surface area (Å²) < 4.78 is 80.5. The van der Waals surface area contributed by atoms with Crippen molar-refractivity contribution in [2.45, 2.75) is 24.1 Å². The van der Waals surface area contributed by atoms with Gasteiger partial charge in [0.25, 0.3) is 5.91 Å². The van der Waals surface area contributed by atoms with Crippen molar-refractivity contribution >= 4 is 52.2 Å². The third-order valence-corrected chi connectivity index (χ3v) is 7.31. The van der Waals surface area contributed by atoms with Crippen molar-refractivity contribution < 1.29 is 35.9 Å². The largest absolute Gasteiger partial charge is 0.416 e. The van der Waals surface area contributed by atoms with E-state index in [0.717, 1.165) is 36.0 Å². The fourth-order valence-electron chi connectivity index (χ4n) is 3.36. The molecule has 7 nitrogen and oxygen atoms in total. The minimum atomic E-state index is -4.66. The molecule has 0 spiro atoms. The van der Waals surface area contributed by atoms with Crippen LogP contribution in [0.15, 0.2) is 65.1 Å². The number of halogens is 7.